The van der Waals surface area contributed by atoms with Gasteiger partial charge < -0.3 is 14.5 Å². The second-order valence-corrected chi connectivity index (χ2v) is 24.5. The minimum absolute atomic E-state index is 0.0121. The summed E-state index contributed by atoms with van der Waals surface area (Å²) < 4.78 is 9.46. The minimum atomic E-state index is -0.323. The monoisotopic (exact) mass is 879 g/mol. The number of anilines is 2. The van der Waals surface area contributed by atoms with Gasteiger partial charge in [0.25, 0.3) is 0 Å². The summed E-state index contributed by atoms with van der Waals surface area (Å²) in [6.45, 7) is 40.3. The molecule has 0 aliphatic carbocycles. The van der Waals surface area contributed by atoms with Crippen molar-refractivity contribution in [2.24, 2.45) is 10.8 Å². The Morgan fingerprint density at radius 2 is 0.939 bits per heavy atom. The van der Waals surface area contributed by atoms with Crippen molar-refractivity contribution in [3.63, 3.8) is 0 Å². The van der Waals surface area contributed by atoms with Crippen LogP contribution in [0, 0.1) is 10.8 Å². The van der Waals surface area contributed by atoms with E-state index in [2.05, 4.69) is 253 Å². The maximum atomic E-state index is 7.17. The SMILES string of the molecule is CC(C)(C)C1=C(C(C)(C)C)N(c2cc(Oc3ccc4c5ccccc5n(-c5cc(C(C)(C)C)ccn5)c4c3)cc(C(C)(C)c3ccccc3)c2)CN1c1cc(C(C)(C)C)cc(C(C)(C)C)c1. The minimum Gasteiger partial charge on any atom is -0.457 e. The van der Waals surface area contributed by atoms with E-state index in [-0.39, 0.29) is 32.5 Å². The molecule has 5 heteroatoms. The normalized spacial score (nSPS) is 14.6. The van der Waals surface area contributed by atoms with Crippen molar-refractivity contribution in [3.05, 3.63) is 167 Å². The highest BCUT2D eigenvalue weighted by atomic mass is 16.5. The van der Waals surface area contributed by atoms with Crippen LogP contribution in [0.2, 0.25) is 0 Å². The van der Waals surface area contributed by atoms with Gasteiger partial charge in [0, 0.05) is 68.1 Å². The van der Waals surface area contributed by atoms with Gasteiger partial charge in [0.2, 0.25) is 0 Å². The van der Waals surface area contributed by atoms with Crippen molar-refractivity contribution in [3.8, 4) is 17.3 Å². The maximum absolute atomic E-state index is 7.17. The number of allylic oxidation sites excluding steroid dienone is 2. The third-order valence-corrected chi connectivity index (χ3v) is 13.6. The highest BCUT2D eigenvalue weighted by Gasteiger charge is 2.43. The van der Waals surface area contributed by atoms with Crippen LogP contribution < -0.4 is 14.5 Å². The number of nitrogens with zero attached hydrogens (tertiary/aromatic N) is 4. The van der Waals surface area contributed by atoms with Crippen molar-refractivity contribution in [2.75, 3.05) is 16.5 Å². The lowest BCUT2D eigenvalue weighted by Gasteiger charge is -2.35. The van der Waals surface area contributed by atoms with Gasteiger partial charge >= 0.3 is 0 Å². The van der Waals surface area contributed by atoms with E-state index in [0.717, 1.165) is 39.4 Å². The van der Waals surface area contributed by atoms with Crippen LogP contribution in [0.1, 0.15) is 146 Å². The summed E-state index contributed by atoms with van der Waals surface area (Å²) in [5, 5.41) is 2.35. The number of aromatic nitrogens is 2. The summed E-state index contributed by atoms with van der Waals surface area (Å²) in [6.07, 6.45) is 1.94. The summed E-state index contributed by atoms with van der Waals surface area (Å²) in [4.78, 5) is 10.1. The largest absolute Gasteiger partial charge is 0.457 e. The van der Waals surface area contributed by atoms with Crippen LogP contribution >= 0.6 is 0 Å². The lowest BCUT2D eigenvalue weighted by Crippen LogP contribution is -2.32. The van der Waals surface area contributed by atoms with Gasteiger partial charge in [0.05, 0.1) is 17.7 Å². The van der Waals surface area contributed by atoms with Crippen LogP contribution in [0.5, 0.6) is 11.5 Å². The Morgan fingerprint density at radius 3 is 1.52 bits per heavy atom. The second kappa shape index (κ2) is 16.2. The Kier molecular flexibility index (Phi) is 11.5. The molecule has 0 saturated heterocycles. The lowest BCUT2D eigenvalue weighted by molar-refractivity contribution is 0.444. The molecule has 66 heavy (non-hydrogen) atoms. The second-order valence-electron chi connectivity index (χ2n) is 24.5. The van der Waals surface area contributed by atoms with Crippen molar-refractivity contribution in [2.45, 2.75) is 139 Å². The Hall–Kier alpha value is -5.81. The standard InChI is InChI=1S/C61H74N4O/c1-56(2,3)41-29-30-62-53(36-41)65-51-26-22-21-25-49(51)50-28-27-47(38-52(50)65)66-48-35-44(61(16,17)40-23-19-18-20-24-40)34-46(37-48)64-39-63(54(59(10,11)12)55(64)60(13,14)15)45-32-42(57(4,5)6)31-43(33-45)58(7,8)9/h18-38H,39H2,1-17H3. The number of fused-ring (bicyclic) bond motifs is 3. The maximum Gasteiger partial charge on any atom is 0.137 e. The number of hydrogen-bond donors (Lipinski definition) is 0. The molecule has 7 aromatic rings. The van der Waals surface area contributed by atoms with E-state index < -0.39 is 0 Å². The van der Waals surface area contributed by atoms with Gasteiger partial charge in [-0.1, -0.05) is 172 Å². The Labute approximate surface area is 396 Å². The molecular formula is C61H74N4O. The Bertz CT molecular complexity index is 2930. The number of ether oxygens (including phenoxy) is 1. The van der Waals surface area contributed by atoms with E-state index in [0.29, 0.717) is 6.67 Å². The van der Waals surface area contributed by atoms with Gasteiger partial charge in [0.15, 0.2) is 0 Å². The number of benzene rings is 5. The first-order chi connectivity index (χ1) is 30.6. The van der Waals surface area contributed by atoms with Crippen LogP contribution in [0.25, 0.3) is 27.6 Å². The molecule has 344 valence electrons. The topological polar surface area (TPSA) is 33.5 Å². The third-order valence-electron chi connectivity index (χ3n) is 13.6. The van der Waals surface area contributed by atoms with E-state index in [9.17, 15) is 0 Å². The number of rotatable bonds is 7. The number of para-hydroxylation sites is 1. The van der Waals surface area contributed by atoms with E-state index in [1.165, 1.54) is 50.3 Å². The Balaban J connectivity index is 1.32. The zero-order valence-corrected chi connectivity index (χ0v) is 43.0. The fraction of sp³-hybridized carbons (Fsp3) is 0.393. The first kappa shape index (κ1) is 46.7. The molecule has 0 fully saturated rings. The molecule has 0 N–H and O–H groups in total. The fourth-order valence-corrected chi connectivity index (χ4v) is 9.70. The molecule has 0 spiro atoms. The molecule has 0 atom stereocenters. The quantitative estimate of drug-likeness (QED) is 0.160. The predicted octanol–water partition coefficient (Wildman–Crippen LogP) is 16.8. The summed E-state index contributed by atoms with van der Waals surface area (Å²) in [6, 6.07) is 44.6. The number of hydrogen-bond acceptors (Lipinski definition) is 4. The van der Waals surface area contributed by atoms with Gasteiger partial charge in [-0.3, -0.25) is 4.57 Å². The van der Waals surface area contributed by atoms with E-state index in [1.54, 1.807) is 0 Å². The zero-order valence-electron chi connectivity index (χ0n) is 43.0. The average Bonchev–Trinajstić information content (AvgIpc) is 3.81. The van der Waals surface area contributed by atoms with Crippen LogP contribution in [0.15, 0.2) is 139 Å². The van der Waals surface area contributed by atoms with Crippen LogP contribution in [0.3, 0.4) is 0 Å². The zero-order chi connectivity index (χ0) is 47.9. The van der Waals surface area contributed by atoms with E-state index in [4.69, 9.17) is 9.72 Å². The first-order valence-electron chi connectivity index (χ1n) is 24.0. The van der Waals surface area contributed by atoms with Crippen molar-refractivity contribution >= 4 is 33.2 Å². The van der Waals surface area contributed by atoms with Crippen LogP contribution in [-0.2, 0) is 21.7 Å². The molecule has 1 aliphatic rings. The smallest absolute Gasteiger partial charge is 0.137 e. The summed E-state index contributed by atoms with van der Waals surface area (Å²) in [5.41, 5.74) is 12.9. The van der Waals surface area contributed by atoms with Gasteiger partial charge in [-0.25, -0.2) is 4.98 Å². The molecule has 2 aromatic heterocycles. The molecule has 5 aromatic carbocycles. The van der Waals surface area contributed by atoms with E-state index in [1.807, 2.05) is 6.20 Å². The molecule has 0 radical (unpaired) electrons. The van der Waals surface area contributed by atoms with Gasteiger partial charge in [-0.2, -0.15) is 0 Å². The number of pyridine rings is 1. The molecular weight excluding hydrogens is 805 g/mol. The van der Waals surface area contributed by atoms with Crippen LogP contribution in [0.4, 0.5) is 11.4 Å². The summed E-state index contributed by atoms with van der Waals surface area (Å²) in [7, 11) is 0. The molecule has 0 bridgehead atoms. The average molecular weight is 879 g/mol. The van der Waals surface area contributed by atoms with Crippen LogP contribution in [-0.4, -0.2) is 16.2 Å². The predicted molar refractivity (Wildman–Crippen MR) is 282 cm³/mol. The molecule has 5 nitrogen and oxygen atoms in total. The van der Waals surface area contributed by atoms with Gasteiger partial charge in [0.1, 0.15) is 17.3 Å². The summed E-state index contributed by atoms with van der Waals surface area (Å²) in [5.74, 6) is 2.48. The highest BCUT2D eigenvalue weighted by Crippen LogP contribution is 2.50. The lowest BCUT2D eigenvalue weighted by atomic mass is 9.77. The molecule has 3 heterocycles. The van der Waals surface area contributed by atoms with Crippen molar-refractivity contribution in [1.29, 1.82) is 0 Å². The molecule has 0 saturated carbocycles. The van der Waals surface area contributed by atoms with Gasteiger partial charge in [-0.05, 0) is 98.7 Å². The first-order valence-corrected chi connectivity index (χ1v) is 24.0. The summed E-state index contributed by atoms with van der Waals surface area (Å²) >= 11 is 0. The third kappa shape index (κ3) is 8.91. The fourth-order valence-electron chi connectivity index (χ4n) is 9.70. The highest BCUT2D eigenvalue weighted by molar-refractivity contribution is 6.09. The molecule has 8 rings (SSSR count). The molecule has 0 amide bonds. The van der Waals surface area contributed by atoms with Gasteiger partial charge in [-0.15, -0.1) is 0 Å². The molecule has 1 aliphatic heterocycles. The Morgan fingerprint density at radius 1 is 0.409 bits per heavy atom. The van der Waals surface area contributed by atoms with E-state index >= 15 is 0 Å². The van der Waals surface area contributed by atoms with Crippen molar-refractivity contribution in [1.82, 2.24) is 9.55 Å². The van der Waals surface area contributed by atoms with Crippen molar-refractivity contribution < 1.29 is 4.74 Å². The molecule has 0 unspecified atom stereocenters.